The Morgan fingerprint density at radius 1 is 1.24 bits per heavy atom. The first-order valence-corrected chi connectivity index (χ1v) is 7.87. The fourth-order valence-electron chi connectivity index (χ4n) is 2.65. The standard InChI is InChI=1S/C17H19N5O3/c1-10(15-13-5-3-4-6-14(13)17(24)22-21-15)16(23)18-8-11-7-12(9-25-2)20-19-11/h3-7,10H,8-9H2,1-2H3,(H,18,23)(H,19,20)(H,22,24)/t10-/m1/s1. The van der Waals surface area contributed by atoms with E-state index in [4.69, 9.17) is 4.74 Å². The summed E-state index contributed by atoms with van der Waals surface area (Å²) in [7, 11) is 1.60. The van der Waals surface area contributed by atoms with Gasteiger partial charge in [-0.05, 0) is 19.1 Å². The third kappa shape index (κ3) is 3.58. The predicted molar refractivity (Wildman–Crippen MR) is 91.9 cm³/mol. The topological polar surface area (TPSA) is 113 Å². The van der Waals surface area contributed by atoms with Crippen molar-refractivity contribution in [2.45, 2.75) is 26.0 Å². The molecule has 0 saturated carbocycles. The lowest BCUT2D eigenvalue weighted by Crippen LogP contribution is -2.29. The highest BCUT2D eigenvalue weighted by molar-refractivity contribution is 5.90. The summed E-state index contributed by atoms with van der Waals surface area (Å²) in [6.07, 6.45) is 0. The molecule has 3 rings (SSSR count). The summed E-state index contributed by atoms with van der Waals surface area (Å²) < 4.78 is 5.01. The van der Waals surface area contributed by atoms with E-state index in [1.807, 2.05) is 12.1 Å². The molecule has 0 spiro atoms. The van der Waals surface area contributed by atoms with Crippen LogP contribution in [0.3, 0.4) is 0 Å². The van der Waals surface area contributed by atoms with Crippen LogP contribution in [0.25, 0.3) is 10.8 Å². The van der Waals surface area contributed by atoms with Crippen LogP contribution in [0, 0.1) is 0 Å². The minimum atomic E-state index is -0.511. The molecule has 3 N–H and O–H groups in total. The molecule has 8 heteroatoms. The van der Waals surface area contributed by atoms with Gasteiger partial charge in [0.25, 0.3) is 5.56 Å². The second-order valence-corrected chi connectivity index (χ2v) is 5.74. The summed E-state index contributed by atoms with van der Waals surface area (Å²) in [6.45, 7) is 2.49. The molecule has 0 bridgehead atoms. The molecule has 130 valence electrons. The van der Waals surface area contributed by atoms with Gasteiger partial charge in [0.15, 0.2) is 0 Å². The number of rotatable bonds is 6. The maximum atomic E-state index is 12.5. The number of H-pyrrole nitrogens is 2. The van der Waals surface area contributed by atoms with Gasteiger partial charge in [-0.25, -0.2) is 5.10 Å². The molecule has 1 atom stereocenters. The zero-order valence-electron chi connectivity index (χ0n) is 14.0. The second kappa shape index (κ2) is 7.27. The molecular formula is C17H19N5O3. The van der Waals surface area contributed by atoms with Gasteiger partial charge in [0.2, 0.25) is 5.91 Å². The third-order valence-electron chi connectivity index (χ3n) is 3.96. The van der Waals surface area contributed by atoms with Gasteiger partial charge < -0.3 is 10.1 Å². The molecule has 2 aromatic heterocycles. The van der Waals surface area contributed by atoms with E-state index in [0.29, 0.717) is 29.6 Å². The van der Waals surface area contributed by atoms with Crippen LogP contribution >= 0.6 is 0 Å². The highest BCUT2D eigenvalue weighted by Crippen LogP contribution is 2.20. The Bertz CT molecular complexity index is 947. The lowest BCUT2D eigenvalue weighted by atomic mass is 10.0. The molecule has 0 unspecified atom stereocenters. The van der Waals surface area contributed by atoms with Gasteiger partial charge in [0.1, 0.15) is 0 Å². The monoisotopic (exact) mass is 341 g/mol. The number of nitrogens with one attached hydrogen (secondary N) is 3. The number of hydrogen-bond donors (Lipinski definition) is 3. The molecule has 0 aliphatic heterocycles. The third-order valence-corrected chi connectivity index (χ3v) is 3.96. The Kier molecular flexibility index (Phi) is 4.90. The van der Waals surface area contributed by atoms with E-state index in [1.54, 1.807) is 32.2 Å². The van der Waals surface area contributed by atoms with Crippen molar-refractivity contribution in [2.24, 2.45) is 0 Å². The lowest BCUT2D eigenvalue weighted by molar-refractivity contribution is -0.122. The molecule has 2 heterocycles. The summed E-state index contributed by atoms with van der Waals surface area (Å²) in [5.41, 5.74) is 1.83. The zero-order chi connectivity index (χ0) is 17.8. The number of aromatic amines is 2. The Hall–Kier alpha value is -3.00. The molecule has 3 aromatic rings. The molecule has 0 fully saturated rings. The Balaban J connectivity index is 1.74. The van der Waals surface area contributed by atoms with Crippen molar-refractivity contribution in [3.8, 4) is 0 Å². The summed E-state index contributed by atoms with van der Waals surface area (Å²) in [4.78, 5) is 24.3. The van der Waals surface area contributed by atoms with E-state index in [1.165, 1.54) is 0 Å². The van der Waals surface area contributed by atoms with Gasteiger partial charge in [0.05, 0.1) is 41.5 Å². The summed E-state index contributed by atoms with van der Waals surface area (Å²) in [6, 6.07) is 8.94. The van der Waals surface area contributed by atoms with Crippen LogP contribution in [0.1, 0.15) is 29.9 Å². The summed E-state index contributed by atoms with van der Waals surface area (Å²) in [5.74, 6) is -0.698. The van der Waals surface area contributed by atoms with Gasteiger partial charge in [-0.15, -0.1) is 0 Å². The van der Waals surface area contributed by atoms with Gasteiger partial charge >= 0.3 is 0 Å². The van der Waals surface area contributed by atoms with E-state index in [2.05, 4.69) is 25.7 Å². The van der Waals surface area contributed by atoms with Crippen LogP contribution in [0.5, 0.6) is 0 Å². The molecule has 8 nitrogen and oxygen atoms in total. The second-order valence-electron chi connectivity index (χ2n) is 5.74. The number of methoxy groups -OCH3 is 1. The Labute approximate surface area is 143 Å². The van der Waals surface area contributed by atoms with Gasteiger partial charge in [-0.2, -0.15) is 10.2 Å². The van der Waals surface area contributed by atoms with Crippen molar-refractivity contribution in [1.82, 2.24) is 25.7 Å². The number of fused-ring (bicyclic) bond motifs is 1. The van der Waals surface area contributed by atoms with E-state index < -0.39 is 5.92 Å². The molecule has 1 aromatic carbocycles. The number of amides is 1. The van der Waals surface area contributed by atoms with Gasteiger partial charge in [-0.3, -0.25) is 14.7 Å². The first-order chi connectivity index (χ1) is 12.1. The minimum absolute atomic E-state index is 0.187. The molecule has 25 heavy (non-hydrogen) atoms. The number of benzene rings is 1. The number of ether oxygens (including phenoxy) is 1. The quantitative estimate of drug-likeness (QED) is 0.624. The van der Waals surface area contributed by atoms with E-state index in [-0.39, 0.29) is 11.5 Å². The number of hydrogen-bond acceptors (Lipinski definition) is 5. The van der Waals surface area contributed by atoms with Crippen molar-refractivity contribution >= 4 is 16.7 Å². The number of carbonyl (C=O) groups excluding carboxylic acids is 1. The van der Waals surface area contributed by atoms with E-state index >= 15 is 0 Å². The smallest absolute Gasteiger partial charge is 0.272 e. The predicted octanol–water partition coefficient (Wildman–Crippen LogP) is 1.21. The van der Waals surface area contributed by atoms with Crippen LogP contribution in [-0.4, -0.2) is 33.4 Å². The minimum Gasteiger partial charge on any atom is -0.378 e. The lowest BCUT2D eigenvalue weighted by Gasteiger charge is -2.13. The first-order valence-electron chi connectivity index (χ1n) is 7.87. The fraction of sp³-hybridized carbons (Fsp3) is 0.294. The SMILES string of the molecule is COCc1cc(CNC(=O)[C@H](C)c2n[nH]c(=O)c3ccccc23)[nH]n1. The Morgan fingerprint density at radius 3 is 2.76 bits per heavy atom. The van der Waals surface area contributed by atoms with Crippen molar-refractivity contribution in [3.63, 3.8) is 0 Å². The maximum absolute atomic E-state index is 12.5. The van der Waals surface area contributed by atoms with E-state index in [9.17, 15) is 9.59 Å². The number of aromatic nitrogens is 4. The number of nitrogens with zero attached hydrogens (tertiary/aromatic N) is 2. The van der Waals surface area contributed by atoms with Crippen molar-refractivity contribution in [2.75, 3.05) is 7.11 Å². The Morgan fingerprint density at radius 2 is 2.00 bits per heavy atom. The molecule has 0 aliphatic carbocycles. The van der Waals surface area contributed by atoms with Crippen LogP contribution in [0.4, 0.5) is 0 Å². The molecule has 0 radical (unpaired) electrons. The number of carbonyl (C=O) groups is 1. The normalized spacial score (nSPS) is 12.2. The molecule has 0 saturated heterocycles. The maximum Gasteiger partial charge on any atom is 0.272 e. The first kappa shape index (κ1) is 16.8. The van der Waals surface area contributed by atoms with Crippen molar-refractivity contribution in [1.29, 1.82) is 0 Å². The average Bonchev–Trinajstić information content (AvgIpc) is 3.07. The van der Waals surface area contributed by atoms with Gasteiger partial charge in [0, 0.05) is 12.5 Å². The average molecular weight is 341 g/mol. The fourth-order valence-corrected chi connectivity index (χ4v) is 2.65. The van der Waals surface area contributed by atoms with Gasteiger partial charge in [-0.1, -0.05) is 18.2 Å². The molecule has 0 aliphatic rings. The van der Waals surface area contributed by atoms with Crippen LogP contribution in [-0.2, 0) is 22.7 Å². The molecule has 1 amide bonds. The highest BCUT2D eigenvalue weighted by atomic mass is 16.5. The van der Waals surface area contributed by atoms with Crippen molar-refractivity contribution in [3.05, 3.63) is 57.8 Å². The summed E-state index contributed by atoms with van der Waals surface area (Å²) in [5, 5.41) is 17.5. The zero-order valence-corrected chi connectivity index (χ0v) is 14.0. The van der Waals surface area contributed by atoms with Crippen molar-refractivity contribution < 1.29 is 9.53 Å². The highest BCUT2D eigenvalue weighted by Gasteiger charge is 2.20. The van der Waals surface area contributed by atoms with E-state index in [0.717, 1.165) is 11.4 Å². The summed E-state index contributed by atoms with van der Waals surface area (Å²) >= 11 is 0. The van der Waals surface area contributed by atoms with Crippen LogP contribution < -0.4 is 10.9 Å². The largest absolute Gasteiger partial charge is 0.378 e. The van der Waals surface area contributed by atoms with Crippen LogP contribution in [0.2, 0.25) is 0 Å². The van der Waals surface area contributed by atoms with Crippen LogP contribution in [0.15, 0.2) is 35.1 Å². The molecular weight excluding hydrogens is 322 g/mol.